The summed E-state index contributed by atoms with van der Waals surface area (Å²) in [7, 11) is 3.77. The molecule has 1 N–H and O–H groups in total. The smallest absolute Gasteiger partial charge is 0.193 e. The first-order valence-corrected chi connectivity index (χ1v) is 10.3. The second-order valence-corrected chi connectivity index (χ2v) is 7.92. The minimum absolute atomic E-state index is 0.0475. The lowest BCUT2D eigenvalue weighted by molar-refractivity contribution is 0.0168. The summed E-state index contributed by atoms with van der Waals surface area (Å²) in [6.07, 6.45) is 0. The molecular formula is C20H28FN5OS. The first-order chi connectivity index (χ1) is 13.6. The SMILES string of the molecule is CN=C(NCC(c1cccc(F)c1)N1CCOCC1)N(C)Cc1csc(C)n1. The van der Waals surface area contributed by atoms with Crippen molar-refractivity contribution in [3.8, 4) is 0 Å². The van der Waals surface area contributed by atoms with Gasteiger partial charge in [0.1, 0.15) is 5.82 Å². The Hall–Kier alpha value is -2.03. The molecule has 1 atom stereocenters. The number of rotatable bonds is 6. The standard InChI is InChI=1S/C20H28FN5OS/c1-15-24-18(14-28-15)13-25(3)20(22-2)23-12-19(26-7-9-27-10-8-26)16-5-4-6-17(21)11-16/h4-6,11,14,19H,7-10,12-13H2,1-3H3,(H,22,23). The van der Waals surface area contributed by atoms with Gasteiger partial charge >= 0.3 is 0 Å². The van der Waals surface area contributed by atoms with Gasteiger partial charge in [-0.25, -0.2) is 9.37 Å². The van der Waals surface area contributed by atoms with Crippen molar-refractivity contribution in [2.45, 2.75) is 19.5 Å². The molecule has 6 nitrogen and oxygen atoms in total. The van der Waals surface area contributed by atoms with Crippen molar-refractivity contribution in [3.63, 3.8) is 0 Å². The molecule has 0 spiro atoms. The Bertz CT molecular complexity index is 790. The molecule has 0 aliphatic carbocycles. The summed E-state index contributed by atoms with van der Waals surface area (Å²) in [6, 6.07) is 6.90. The largest absolute Gasteiger partial charge is 0.379 e. The maximum Gasteiger partial charge on any atom is 0.193 e. The lowest BCUT2D eigenvalue weighted by Crippen LogP contribution is -2.46. The van der Waals surface area contributed by atoms with Crippen molar-refractivity contribution in [1.82, 2.24) is 20.1 Å². The summed E-state index contributed by atoms with van der Waals surface area (Å²) in [6.45, 7) is 6.38. The van der Waals surface area contributed by atoms with Gasteiger partial charge in [0.15, 0.2) is 5.96 Å². The molecule has 3 rings (SSSR count). The topological polar surface area (TPSA) is 53.0 Å². The zero-order valence-electron chi connectivity index (χ0n) is 16.7. The second kappa shape index (κ2) is 9.95. The van der Waals surface area contributed by atoms with Crippen LogP contribution in [-0.2, 0) is 11.3 Å². The first kappa shape index (κ1) is 20.7. The summed E-state index contributed by atoms with van der Waals surface area (Å²) < 4.78 is 19.3. The van der Waals surface area contributed by atoms with E-state index in [2.05, 4.69) is 30.5 Å². The molecule has 152 valence electrons. The number of benzene rings is 1. The van der Waals surface area contributed by atoms with Crippen molar-refractivity contribution in [2.75, 3.05) is 46.9 Å². The Labute approximate surface area is 170 Å². The molecule has 1 aliphatic heterocycles. The maximum absolute atomic E-state index is 13.8. The third-order valence-electron chi connectivity index (χ3n) is 4.81. The lowest BCUT2D eigenvalue weighted by Gasteiger charge is -2.35. The van der Waals surface area contributed by atoms with Crippen LogP contribution >= 0.6 is 11.3 Å². The number of aliphatic imine (C=N–C) groups is 1. The normalized spacial score (nSPS) is 16.8. The van der Waals surface area contributed by atoms with E-state index >= 15 is 0 Å². The van der Waals surface area contributed by atoms with Gasteiger partial charge in [0.2, 0.25) is 0 Å². The number of nitrogens with zero attached hydrogens (tertiary/aromatic N) is 4. The van der Waals surface area contributed by atoms with Crippen LogP contribution in [-0.4, -0.2) is 67.7 Å². The molecule has 0 radical (unpaired) electrons. The highest BCUT2D eigenvalue weighted by Gasteiger charge is 2.23. The summed E-state index contributed by atoms with van der Waals surface area (Å²) >= 11 is 1.65. The number of aromatic nitrogens is 1. The molecule has 0 amide bonds. The van der Waals surface area contributed by atoms with E-state index < -0.39 is 0 Å². The number of hydrogen-bond donors (Lipinski definition) is 1. The molecule has 1 saturated heterocycles. The molecular weight excluding hydrogens is 377 g/mol. The second-order valence-electron chi connectivity index (χ2n) is 6.86. The third kappa shape index (κ3) is 5.50. The molecule has 2 heterocycles. The third-order valence-corrected chi connectivity index (χ3v) is 5.63. The number of nitrogens with one attached hydrogen (secondary N) is 1. The van der Waals surface area contributed by atoms with Crippen molar-refractivity contribution in [1.29, 1.82) is 0 Å². The number of hydrogen-bond acceptors (Lipinski definition) is 5. The molecule has 2 aromatic rings. The van der Waals surface area contributed by atoms with Crippen LogP contribution in [0.15, 0.2) is 34.6 Å². The van der Waals surface area contributed by atoms with Gasteiger partial charge in [0.25, 0.3) is 0 Å². The molecule has 1 unspecified atom stereocenters. The fourth-order valence-corrected chi connectivity index (χ4v) is 4.04. The van der Waals surface area contributed by atoms with E-state index in [0.717, 1.165) is 35.3 Å². The van der Waals surface area contributed by atoms with Crippen LogP contribution in [0, 0.1) is 12.7 Å². The van der Waals surface area contributed by atoms with E-state index in [9.17, 15) is 4.39 Å². The fraction of sp³-hybridized carbons (Fsp3) is 0.500. The van der Waals surface area contributed by atoms with Crippen LogP contribution < -0.4 is 5.32 Å². The fourth-order valence-electron chi connectivity index (χ4n) is 3.43. The molecule has 1 aromatic carbocycles. The molecule has 1 fully saturated rings. The number of aryl methyl sites for hydroxylation is 1. The van der Waals surface area contributed by atoms with E-state index in [4.69, 9.17) is 4.74 Å². The van der Waals surface area contributed by atoms with E-state index in [0.29, 0.717) is 26.3 Å². The van der Waals surface area contributed by atoms with Crippen LogP contribution in [0.1, 0.15) is 22.3 Å². The lowest BCUT2D eigenvalue weighted by atomic mass is 10.0. The van der Waals surface area contributed by atoms with Gasteiger partial charge in [-0.15, -0.1) is 11.3 Å². The first-order valence-electron chi connectivity index (χ1n) is 9.47. The Morgan fingerprint density at radius 1 is 1.43 bits per heavy atom. The van der Waals surface area contributed by atoms with E-state index in [1.807, 2.05) is 20.0 Å². The van der Waals surface area contributed by atoms with E-state index in [1.165, 1.54) is 6.07 Å². The Morgan fingerprint density at radius 3 is 2.86 bits per heavy atom. The predicted octanol–water partition coefficient (Wildman–Crippen LogP) is 2.67. The van der Waals surface area contributed by atoms with E-state index in [-0.39, 0.29) is 11.9 Å². The van der Waals surface area contributed by atoms with Gasteiger partial charge in [-0.2, -0.15) is 0 Å². The average Bonchev–Trinajstić information content (AvgIpc) is 3.10. The molecule has 1 aliphatic rings. The van der Waals surface area contributed by atoms with Gasteiger partial charge in [0, 0.05) is 39.1 Å². The van der Waals surface area contributed by atoms with Crippen LogP contribution in [0.2, 0.25) is 0 Å². The average molecular weight is 406 g/mol. The number of morpholine rings is 1. The van der Waals surface area contributed by atoms with Crippen LogP contribution in [0.25, 0.3) is 0 Å². The molecule has 28 heavy (non-hydrogen) atoms. The predicted molar refractivity (Wildman–Crippen MR) is 111 cm³/mol. The summed E-state index contributed by atoms with van der Waals surface area (Å²) in [4.78, 5) is 13.3. The Kier molecular flexibility index (Phi) is 7.36. The Balaban J connectivity index is 1.68. The van der Waals surface area contributed by atoms with Crippen molar-refractivity contribution < 1.29 is 9.13 Å². The monoisotopic (exact) mass is 405 g/mol. The number of ether oxygens (including phenoxy) is 1. The van der Waals surface area contributed by atoms with Gasteiger partial charge in [-0.05, 0) is 24.6 Å². The highest BCUT2D eigenvalue weighted by Crippen LogP contribution is 2.22. The zero-order valence-corrected chi connectivity index (χ0v) is 17.5. The minimum atomic E-state index is -0.212. The molecule has 0 saturated carbocycles. The minimum Gasteiger partial charge on any atom is -0.379 e. The Morgan fingerprint density at radius 2 is 2.21 bits per heavy atom. The number of thiazole rings is 1. The highest BCUT2D eigenvalue weighted by atomic mass is 32.1. The maximum atomic E-state index is 13.8. The van der Waals surface area contributed by atoms with Crippen LogP contribution in [0.3, 0.4) is 0 Å². The van der Waals surface area contributed by atoms with Crippen LogP contribution in [0.5, 0.6) is 0 Å². The van der Waals surface area contributed by atoms with Gasteiger partial charge in [-0.3, -0.25) is 9.89 Å². The quantitative estimate of drug-likeness (QED) is 0.592. The van der Waals surface area contributed by atoms with Gasteiger partial charge in [-0.1, -0.05) is 12.1 Å². The summed E-state index contributed by atoms with van der Waals surface area (Å²) in [5.41, 5.74) is 1.99. The molecule has 0 bridgehead atoms. The summed E-state index contributed by atoms with van der Waals surface area (Å²) in [5, 5.41) is 6.59. The zero-order chi connectivity index (χ0) is 19.9. The summed E-state index contributed by atoms with van der Waals surface area (Å²) in [5.74, 6) is 0.580. The molecule has 1 aromatic heterocycles. The van der Waals surface area contributed by atoms with Crippen molar-refractivity contribution in [3.05, 3.63) is 51.7 Å². The van der Waals surface area contributed by atoms with Crippen molar-refractivity contribution in [2.24, 2.45) is 4.99 Å². The number of guanidine groups is 1. The number of halogens is 1. The van der Waals surface area contributed by atoms with Crippen LogP contribution in [0.4, 0.5) is 4.39 Å². The molecule has 8 heteroatoms. The van der Waals surface area contributed by atoms with E-state index in [1.54, 1.807) is 30.5 Å². The van der Waals surface area contributed by atoms with Gasteiger partial charge < -0.3 is 15.0 Å². The van der Waals surface area contributed by atoms with Gasteiger partial charge in [0.05, 0.1) is 36.5 Å². The highest BCUT2D eigenvalue weighted by molar-refractivity contribution is 7.09. The van der Waals surface area contributed by atoms with Crippen molar-refractivity contribution >= 4 is 17.3 Å².